The summed E-state index contributed by atoms with van der Waals surface area (Å²) in [6.07, 6.45) is 0. The second-order valence-electron chi connectivity index (χ2n) is 5.09. The zero-order valence-corrected chi connectivity index (χ0v) is 13.2. The molecule has 0 aliphatic carbocycles. The van der Waals surface area contributed by atoms with Crippen LogP contribution in [0.1, 0.15) is 22.8 Å². The molecule has 0 bridgehead atoms. The first kappa shape index (κ1) is 16.7. The van der Waals surface area contributed by atoms with Crippen molar-refractivity contribution in [3.63, 3.8) is 0 Å². The molecule has 0 spiro atoms. The quantitative estimate of drug-likeness (QED) is 0.889. The SMILES string of the molecule is CC(O)(CNC(=O)c1ccc(Cl)c(Cl)c1)c1ccc(F)cc1. The van der Waals surface area contributed by atoms with E-state index in [1.807, 2.05) is 0 Å². The lowest BCUT2D eigenvalue weighted by molar-refractivity contribution is 0.0526. The fourth-order valence-corrected chi connectivity index (χ4v) is 2.20. The molecule has 1 amide bonds. The van der Waals surface area contributed by atoms with Gasteiger partial charge in [0, 0.05) is 5.56 Å². The van der Waals surface area contributed by atoms with Gasteiger partial charge < -0.3 is 10.4 Å². The summed E-state index contributed by atoms with van der Waals surface area (Å²) < 4.78 is 12.9. The molecule has 0 aliphatic rings. The maximum Gasteiger partial charge on any atom is 0.251 e. The second-order valence-corrected chi connectivity index (χ2v) is 5.91. The molecule has 0 saturated carbocycles. The van der Waals surface area contributed by atoms with Gasteiger partial charge in [0.15, 0.2) is 0 Å². The average molecular weight is 342 g/mol. The van der Waals surface area contributed by atoms with E-state index in [4.69, 9.17) is 23.2 Å². The number of hydrogen-bond acceptors (Lipinski definition) is 2. The molecule has 2 aromatic rings. The van der Waals surface area contributed by atoms with Crippen LogP contribution in [0.25, 0.3) is 0 Å². The fraction of sp³-hybridized carbons (Fsp3) is 0.188. The number of halogens is 3. The molecule has 0 heterocycles. The van der Waals surface area contributed by atoms with Crippen LogP contribution in [-0.2, 0) is 5.60 Å². The zero-order chi connectivity index (χ0) is 16.3. The Morgan fingerprint density at radius 2 is 1.82 bits per heavy atom. The van der Waals surface area contributed by atoms with Crippen molar-refractivity contribution in [1.29, 1.82) is 0 Å². The highest BCUT2D eigenvalue weighted by molar-refractivity contribution is 6.42. The van der Waals surface area contributed by atoms with Crippen LogP contribution in [0.3, 0.4) is 0 Å². The van der Waals surface area contributed by atoms with Crippen molar-refractivity contribution in [2.75, 3.05) is 6.54 Å². The molecular formula is C16H14Cl2FNO2. The molecule has 0 aliphatic heterocycles. The lowest BCUT2D eigenvalue weighted by Gasteiger charge is -2.24. The lowest BCUT2D eigenvalue weighted by atomic mass is 9.96. The summed E-state index contributed by atoms with van der Waals surface area (Å²) in [6.45, 7) is 1.51. The minimum Gasteiger partial charge on any atom is -0.384 e. The van der Waals surface area contributed by atoms with E-state index in [0.29, 0.717) is 16.1 Å². The van der Waals surface area contributed by atoms with E-state index in [-0.39, 0.29) is 23.3 Å². The summed E-state index contributed by atoms with van der Waals surface area (Å²) in [5.74, 6) is -0.777. The molecule has 2 rings (SSSR count). The number of carbonyl (C=O) groups excluding carboxylic acids is 1. The lowest BCUT2D eigenvalue weighted by Crippen LogP contribution is -2.38. The molecule has 3 nitrogen and oxygen atoms in total. The Balaban J connectivity index is 2.06. The molecular weight excluding hydrogens is 328 g/mol. The molecule has 0 aromatic heterocycles. The van der Waals surface area contributed by atoms with E-state index in [1.54, 1.807) is 0 Å². The van der Waals surface area contributed by atoms with Crippen LogP contribution in [-0.4, -0.2) is 17.6 Å². The predicted octanol–water partition coefficient (Wildman–Crippen LogP) is 3.77. The van der Waals surface area contributed by atoms with Gasteiger partial charge >= 0.3 is 0 Å². The summed E-state index contributed by atoms with van der Waals surface area (Å²) in [5.41, 5.74) is -0.479. The van der Waals surface area contributed by atoms with Crippen LogP contribution in [0.15, 0.2) is 42.5 Å². The average Bonchev–Trinajstić information content (AvgIpc) is 2.48. The Bertz CT molecular complexity index is 687. The molecule has 6 heteroatoms. The third-order valence-electron chi connectivity index (χ3n) is 3.24. The van der Waals surface area contributed by atoms with Crippen LogP contribution >= 0.6 is 23.2 Å². The first-order valence-corrected chi connectivity index (χ1v) is 7.27. The van der Waals surface area contributed by atoms with Gasteiger partial charge in [-0.3, -0.25) is 4.79 Å². The van der Waals surface area contributed by atoms with Crippen molar-refractivity contribution in [3.8, 4) is 0 Å². The van der Waals surface area contributed by atoms with Gasteiger partial charge in [-0.25, -0.2) is 4.39 Å². The third kappa shape index (κ3) is 3.97. The third-order valence-corrected chi connectivity index (χ3v) is 3.98. The molecule has 0 radical (unpaired) electrons. The van der Waals surface area contributed by atoms with Crippen molar-refractivity contribution in [2.24, 2.45) is 0 Å². The monoisotopic (exact) mass is 341 g/mol. The van der Waals surface area contributed by atoms with Crippen LogP contribution in [0, 0.1) is 5.82 Å². The smallest absolute Gasteiger partial charge is 0.251 e. The number of amides is 1. The van der Waals surface area contributed by atoms with Crippen molar-refractivity contribution >= 4 is 29.1 Å². The van der Waals surface area contributed by atoms with E-state index in [9.17, 15) is 14.3 Å². The molecule has 1 unspecified atom stereocenters. The van der Waals surface area contributed by atoms with Crippen molar-refractivity contribution < 1.29 is 14.3 Å². The zero-order valence-electron chi connectivity index (χ0n) is 11.7. The highest BCUT2D eigenvalue weighted by atomic mass is 35.5. The van der Waals surface area contributed by atoms with Crippen molar-refractivity contribution in [3.05, 3.63) is 69.5 Å². The molecule has 2 N–H and O–H groups in total. The van der Waals surface area contributed by atoms with E-state index in [1.165, 1.54) is 49.4 Å². The highest BCUT2D eigenvalue weighted by Crippen LogP contribution is 2.23. The van der Waals surface area contributed by atoms with Crippen LogP contribution in [0.2, 0.25) is 10.0 Å². The van der Waals surface area contributed by atoms with Crippen LogP contribution in [0.4, 0.5) is 4.39 Å². The Morgan fingerprint density at radius 1 is 1.18 bits per heavy atom. The molecule has 0 fully saturated rings. The largest absolute Gasteiger partial charge is 0.384 e. The van der Waals surface area contributed by atoms with E-state index >= 15 is 0 Å². The number of aliphatic hydroxyl groups is 1. The molecule has 1 atom stereocenters. The summed E-state index contributed by atoms with van der Waals surface area (Å²) in [6, 6.07) is 9.97. The van der Waals surface area contributed by atoms with E-state index in [0.717, 1.165) is 0 Å². The van der Waals surface area contributed by atoms with Crippen LogP contribution < -0.4 is 5.32 Å². The van der Waals surface area contributed by atoms with Gasteiger partial charge in [0.25, 0.3) is 5.91 Å². The van der Waals surface area contributed by atoms with Gasteiger partial charge in [-0.05, 0) is 42.8 Å². The summed E-state index contributed by atoms with van der Waals surface area (Å²) in [5, 5.41) is 13.6. The fourth-order valence-electron chi connectivity index (χ4n) is 1.90. The molecule has 0 saturated heterocycles. The highest BCUT2D eigenvalue weighted by Gasteiger charge is 2.24. The maximum absolute atomic E-state index is 12.9. The number of nitrogens with one attached hydrogen (secondary N) is 1. The van der Waals surface area contributed by atoms with Gasteiger partial charge in [-0.1, -0.05) is 35.3 Å². The summed E-state index contributed by atoms with van der Waals surface area (Å²) in [4.78, 5) is 12.1. The molecule has 116 valence electrons. The van der Waals surface area contributed by atoms with Gasteiger partial charge in [0.05, 0.1) is 16.6 Å². The van der Waals surface area contributed by atoms with Gasteiger partial charge in [-0.15, -0.1) is 0 Å². The number of carbonyl (C=O) groups is 1. The maximum atomic E-state index is 12.9. The summed E-state index contributed by atoms with van der Waals surface area (Å²) in [7, 11) is 0. The van der Waals surface area contributed by atoms with Gasteiger partial charge in [0.2, 0.25) is 0 Å². The predicted molar refractivity (Wildman–Crippen MR) is 84.8 cm³/mol. The van der Waals surface area contributed by atoms with Crippen LogP contribution in [0.5, 0.6) is 0 Å². The molecule has 22 heavy (non-hydrogen) atoms. The van der Waals surface area contributed by atoms with Gasteiger partial charge in [0.1, 0.15) is 11.4 Å². The Hall–Kier alpha value is -1.62. The second kappa shape index (κ2) is 6.65. The molecule has 2 aromatic carbocycles. The summed E-state index contributed by atoms with van der Waals surface area (Å²) >= 11 is 11.7. The number of benzene rings is 2. The number of rotatable bonds is 4. The Morgan fingerprint density at radius 3 is 2.41 bits per heavy atom. The van der Waals surface area contributed by atoms with E-state index < -0.39 is 5.60 Å². The van der Waals surface area contributed by atoms with E-state index in [2.05, 4.69) is 5.32 Å². The van der Waals surface area contributed by atoms with Gasteiger partial charge in [-0.2, -0.15) is 0 Å². The minimum absolute atomic E-state index is 0.0300. The minimum atomic E-state index is -1.32. The standard InChI is InChI=1S/C16H14Cl2FNO2/c1-16(22,11-3-5-12(19)6-4-11)9-20-15(21)10-2-7-13(17)14(18)8-10/h2-8,22H,9H2,1H3,(H,20,21). The number of hydrogen-bond donors (Lipinski definition) is 2. The topological polar surface area (TPSA) is 49.3 Å². The Labute approximate surface area is 137 Å². The Kier molecular flexibility index (Phi) is 5.06. The van der Waals surface area contributed by atoms with Crippen molar-refractivity contribution in [2.45, 2.75) is 12.5 Å². The normalized spacial score (nSPS) is 13.5. The first-order valence-electron chi connectivity index (χ1n) is 6.51. The van der Waals surface area contributed by atoms with Crippen molar-refractivity contribution in [1.82, 2.24) is 5.32 Å². The first-order chi connectivity index (χ1) is 10.3.